The highest BCUT2D eigenvalue weighted by Crippen LogP contribution is 2.24. The van der Waals surface area contributed by atoms with Gasteiger partial charge in [-0.05, 0) is 31.2 Å². The predicted molar refractivity (Wildman–Crippen MR) is 83.8 cm³/mol. The molecule has 0 unspecified atom stereocenters. The molecule has 0 aliphatic heterocycles. The van der Waals surface area contributed by atoms with Crippen LogP contribution in [0.2, 0.25) is 0 Å². The van der Waals surface area contributed by atoms with Gasteiger partial charge in [0.15, 0.2) is 18.2 Å². The van der Waals surface area contributed by atoms with Crippen LogP contribution in [0.4, 0.5) is 11.5 Å². The lowest BCUT2D eigenvalue weighted by atomic mass is 10.3. The van der Waals surface area contributed by atoms with E-state index in [0.29, 0.717) is 29.6 Å². The van der Waals surface area contributed by atoms with Crippen LogP contribution < -0.4 is 26.1 Å². The molecule has 1 aromatic carbocycles. The molecule has 0 atom stereocenters. The number of nitrogens with zero attached hydrogens (tertiary/aromatic N) is 1. The minimum Gasteiger partial charge on any atom is -0.492 e. The molecular weight excluding hydrogens is 284 g/mol. The Morgan fingerprint density at radius 2 is 1.95 bits per heavy atom. The van der Waals surface area contributed by atoms with Gasteiger partial charge < -0.3 is 20.2 Å². The smallest absolute Gasteiger partial charge is 0.262 e. The largest absolute Gasteiger partial charge is 0.492 e. The lowest BCUT2D eigenvalue weighted by molar-refractivity contribution is -0.118. The molecule has 1 amide bonds. The minimum absolute atomic E-state index is 0.166. The number of amides is 1. The van der Waals surface area contributed by atoms with Gasteiger partial charge in [-0.15, -0.1) is 0 Å². The van der Waals surface area contributed by atoms with Crippen molar-refractivity contribution in [2.75, 3.05) is 24.0 Å². The van der Waals surface area contributed by atoms with E-state index in [-0.39, 0.29) is 12.5 Å². The molecule has 2 rings (SSSR count). The molecule has 0 aliphatic carbocycles. The van der Waals surface area contributed by atoms with Crippen LogP contribution in [0.5, 0.6) is 11.5 Å². The first-order valence-corrected chi connectivity index (χ1v) is 6.80. The summed E-state index contributed by atoms with van der Waals surface area (Å²) in [6.07, 6.45) is 1.57. The summed E-state index contributed by atoms with van der Waals surface area (Å²) in [5, 5.41) is 2.74. The molecule has 2 aromatic rings. The highest BCUT2D eigenvalue weighted by atomic mass is 16.5. The quantitative estimate of drug-likeness (QED) is 0.533. The maximum atomic E-state index is 12.0. The minimum atomic E-state index is -0.307. The lowest BCUT2D eigenvalue weighted by Gasteiger charge is -2.12. The van der Waals surface area contributed by atoms with E-state index in [1.807, 2.05) is 19.1 Å². The zero-order valence-electron chi connectivity index (χ0n) is 12.2. The summed E-state index contributed by atoms with van der Waals surface area (Å²) in [6, 6.07) is 10.6. The number of rotatable bonds is 7. The summed E-state index contributed by atoms with van der Waals surface area (Å²) in [4.78, 5) is 16.0. The van der Waals surface area contributed by atoms with Gasteiger partial charge in [0.05, 0.1) is 12.3 Å². The molecule has 7 heteroatoms. The number of aromatic nitrogens is 1. The van der Waals surface area contributed by atoms with Gasteiger partial charge in [-0.2, -0.15) is 0 Å². The van der Waals surface area contributed by atoms with E-state index in [9.17, 15) is 4.79 Å². The van der Waals surface area contributed by atoms with E-state index in [1.165, 1.54) is 0 Å². The molecule has 4 N–H and O–H groups in total. The Balaban J connectivity index is 1.96. The first-order chi connectivity index (χ1) is 10.7. The third kappa shape index (κ3) is 4.10. The standard InChI is InChI=1S/C15H18N4O3/c1-2-21-12-7-4-3-6-11(12)18-14(20)10-22-13-8-5-9-17-15(13)19-16/h3-9H,2,10,16H2,1H3,(H,17,19)(H,18,20). The number of ether oxygens (including phenoxy) is 2. The fourth-order valence-corrected chi connectivity index (χ4v) is 1.80. The fourth-order valence-electron chi connectivity index (χ4n) is 1.80. The van der Waals surface area contributed by atoms with Gasteiger partial charge in [0.25, 0.3) is 5.91 Å². The van der Waals surface area contributed by atoms with Crippen LogP contribution in [0, 0.1) is 0 Å². The maximum absolute atomic E-state index is 12.0. The third-order valence-electron chi connectivity index (χ3n) is 2.73. The average molecular weight is 302 g/mol. The Hall–Kier alpha value is -2.80. The fraction of sp³-hybridized carbons (Fsp3) is 0.200. The second-order valence-electron chi connectivity index (χ2n) is 4.26. The first kappa shape index (κ1) is 15.6. The van der Waals surface area contributed by atoms with Gasteiger partial charge in [0.1, 0.15) is 5.75 Å². The van der Waals surface area contributed by atoms with E-state index in [0.717, 1.165) is 0 Å². The zero-order chi connectivity index (χ0) is 15.8. The summed E-state index contributed by atoms with van der Waals surface area (Å²) in [5.41, 5.74) is 3.01. The number of benzene rings is 1. The summed E-state index contributed by atoms with van der Waals surface area (Å²) < 4.78 is 10.8. The number of hydrogen-bond donors (Lipinski definition) is 3. The highest BCUT2D eigenvalue weighted by Gasteiger charge is 2.09. The number of hydrogen-bond acceptors (Lipinski definition) is 6. The molecule has 0 aliphatic rings. The number of carbonyl (C=O) groups excluding carboxylic acids is 1. The van der Waals surface area contributed by atoms with Crippen molar-refractivity contribution >= 4 is 17.4 Å². The molecule has 7 nitrogen and oxygen atoms in total. The Kier molecular flexibility index (Phi) is 5.56. The molecule has 0 saturated heterocycles. The number of para-hydroxylation sites is 2. The van der Waals surface area contributed by atoms with Crippen molar-refractivity contribution in [1.82, 2.24) is 4.98 Å². The number of pyridine rings is 1. The van der Waals surface area contributed by atoms with Crippen molar-refractivity contribution in [3.8, 4) is 11.5 Å². The van der Waals surface area contributed by atoms with Crippen LogP contribution in [0.15, 0.2) is 42.6 Å². The predicted octanol–water partition coefficient (Wildman–Crippen LogP) is 1.78. The highest BCUT2D eigenvalue weighted by molar-refractivity contribution is 5.93. The van der Waals surface area contributed by atoms with Crippen molar-refractivity contribution in [1.29, 1.82) is 0 Å². The Morgan fingerprint density at radius 1 is 1.18 bits per heavy atom. The average Bonchev–Trinajstić information content (AvgIpc) is 2.55. The number of carbonyl (C=O) groups is 1. The topological polar surface area (TPSA) is 98.5 Å². The number of anilines is 2. The lowest BCUT2D eigenvalue weighted by Crippen LogP contribution is -2.21. The van der Waals surface area contributed by atoms with E-state index in [4.69, 9.17) is 15.3 Å². The molecule has 116 valence electrons. The van der Waals surface area contributed by atoms with Crippen molar-refractivity contribution in [3.63, 3.8) is 0 Å². The molecule has 1 heterocycles. The van der Waals surface area contributed by atoms with Crippen LogP contribution in [0.1, 0.15) is 6.92 Å². The van der Waals surface area contributed by atoms with Gasteiger partial charge in [0, 0.05) is 6.20 Å². The molecule has 0 fully saturated rings. The van der Waals surface area contributed by atoms with Crippen molar-refractivity contribution in [2.45, 2.75) is 6.92 Å². The molecule has 0 bridgehead atoms. The van der Waals surface area contributed by atoms with E-state index in [2.05, 4.69) is 15.7 Å². The van der Waals surface area contributed by atoms with Gasteiger partial charge in [-0.25, -0.2) is 10.8 Å². The van der Waals surface area contributed by atoms with Crippen LogP contribution in [0.25, 0.3) is 0 Å². The molecular formula is C15H18N4O3. The first-order valence-electron chi connectivity index (χ1n) is 6.80. The molecule has 1 aromatic heterocycles. The summed E-state index contributed by atoms with van der Waals surface area (Å²) in [5.74, 6) is 6.40. The van der Waals surface area contributed by atoms with Gasteiger partial charge in [-0.3, -0.25) is 4.79 Å². The molecule has 0 saturated carbocycles. The molecule has 0 radical (unpaired) electrons. The Labute approximate surface area is 128 Å². The van der Waals surface area contributed by atoms with Crippen molar-refractivity contribution < 1.29 is 14.3 Å². The number of nitrogens with one attached hydrogen (secondary N) is 2. The second kappa shape index (κ2) is 7.84. The monoisotopic (exact) mass is 302 g/mol. The molecule has 0 spiro atoms. The van der Waals surface area contributed by atoms with Crippen molar-refractivity contribution in [3.05, 3.63) is 42.6 Å². The van der Waals surface area contributed by atoms with E-state index < -0.39 is 0 Å². The van der Waals surface area contributed by atoms with Crippen LogP contribution in [0.3, 0.4) is 0 Å². The van der Waals surface area contributed by atoms with E-state index >= 15 is 0 Å². The Bertz CT molecular complexity index is 634. The number of nitrogen functional groups attached to an aromatic ring is 1. The normalized spacial score (nSPS) is 9.91. The third-order valence-corrected chi connectivity index (χ3v) is 2.73. The SMILES string of the molecule is CCOc1ccccc1NC(=O)COc1cccnc1NN. The van der Waals surface area contributed by atoms with Crippen molar-refractivity contribution in [2.24, 2.45) is 5.84 Å². The zero-order valence-corrected chi connectivity index (χ0v) is 12.2. The second-order valence-corrected chi connectivity index (χ2v) is 4.26. The van der Waals surface area contributed by atoms with Crippen LogP contribution >= 0.6 is 0 Å². The van der Waals surface area contributed by atoms with Gasteiger partial charge >= 0.3 is 0 Å². The van der Waals surface area contributed by atoms with Gasteiger partial charge in [0.2, 0.25) is 0 Å². The van der Waals surface area contributed by atoms with Crippen LogP contribution in [-0.4, -0.2) is 24.1 Å². The van der Waals surface area contributed by atoms with Gasteiger partial charge in [-0.1, -0.05) is 12.1 Å². The number of nitrogens with two attached hydrogens (primary N) is 1. The summed E-state index contributed by atoms with van der Waals surface area (Å²) in [6.45, 7) is 2.23. The van der Waals surface area contributed by atoms with Crippen LogP contribution in [-0.2, 0) is 4.79 Å². The maximum Gasteiger partial charge on any atom is 0.262 e. The Morgan fingerprint density at radius 3 is 2.73 bits per heavy atom. The molecule has 22 heavy (non-hydrogen) atoms. The summed E-state index contributed by atoms with van der Waals surface area (Å²) in [7, 11) is 0. The number of hydrazine groups is 1. The summed E-state index contributed by atoms with van der Waals surface area (Å²) >= 11 is 0. The van der Waals surface area contributed by atoms with E-state index in [1.54, 1.807) is 30.5 Å².